The molecule has 3 amide bonds. The number of carbonyl (C=O) groups excluding carboxylic acids is 3. The Kier molecular flexibility index (Phi) is 4.71. The summed E-state index contributed by atoms with van der Waals surface area (Å²) < 4.78 is 0.721. The summed E-state index contributed by atoms with van der Waals surface area (Å²) in [4.78, 5) is 39.0. The summed E-state index contributed by atoms with van der Waals surface area (Å²) in [6, 6.07) is 12.1. The molecule has 1 N–H and O–H groups in total. The number of hydrogen-bond acceptors (Lipinski definition) is 3. The lowest BCUT2D eigenvalue weighted by Gasteiger charge is -2.23. The van der Waals surface area contributed by atoms with Crippen molar-refractivity contribution in [2.45, 2.75) is 26.3 Å². The number of ketones is 1. The zero-order chi connectivity index (χ0) is 19.1. The molecule has 6 heteroatoms. The first-order valence-corrected chi connectivity index (χ1v) is 9.03. The third kappa shape index (κ3) is 3.05. The highest BCUT2D eigenvalue weighted by Gasteiger charge is 2.50. The first-order chi connectivity index (χ1) is 12.2. The zero-order valence-electron chi connectivity index (χ0n) is 14.8. The average molecular weight is 415 g/mol. The van der Waals surface area contributed by atoms with E-state index in [1.165, 1.54) is 0 Å². The molecule has 5 nitrogen and oxygen atoms in total. The molecule has 1 heterocycles. The smallest absolute Gasteiger partial charge is 0.319 e. The zero-order valence-corrected chi connectivity index (χ0v) is 16.4. The number of Topliss-reactive ketones (excluding diaryl/α,β-unsaturated/α-hetero) is 1. The van der Waals surface area contributed by atoms with Gasteiger partial charge in [-0.25, -0.2) is 4.79 Å². The molecular formula is C20H19BrN2O3. The minimum absolute atomic E-state index is 0.262. The van der Waals surface area contributed by atoms with Crippen molar-refractivity contribution in [3.8, 4) is 0 Å². The van der Waals surface area contributed by atoms with Gasteiger partial charge in [-0.2, -0.15) is 0 Å². The second-order valence-corrected chi connectivity index (χ2v) is 7.52. The molecule has 1 aliphatic heterocycles. The van der Waals surface area contributed by atoms with Crippen LogP contribution in [-0.2, 0) is 10.3 Å². The maximum absolute atomic E-state index is 13.0. The molecular weight excluding hydrogens is 396 g/mol. The number of nitrogens with zero attached hydrogens (tertiary/aromatic N) is 1. The fourth-order valence-electron chi connectivity index (χ4n) is 3.25. The number of nitrogens with one attached hydrogen (secondary N) is 1. The van der Waals surface area contributed by atoms with E-state index in [4.69, 9.17) is 0 Å². The van der Waals surface area contributed by atoms with Crippen molar-refractivity contribution < 1.29 is 14.4 Å². The van der Waals surface area contributed by atoms with Crippen LogP contribution in [0.25, 0.3) is 0 Å². The third-order valence-electron chi connectivity index (χ3n) is 4.67. The second-order valence-electron chi connectivity index (χ2n) is 6.67. The normalized spacial score (nSPS) is 19.6. The number of halogens is 1. The van der Waals surface area contributed by atoms with Crippen molar-refractivity contribution in [1.29, 1.82) is 0 Å². The van der Waals surface area contributed by atoms with Crippen LogP contribution in [0.15, 0.2) is 46.9 Å². The SMILES string of the molecule is Cc1ccc(C(=O)CN2C(=O)NC(C)(c3ccccc3Br)C2=O)c(C)c1. The van der Waals surface area contributed by atoms with Gasteiger partial charge >= 0.3 is 6.03 Å². The third-order valence-corrected chi connectivity index (χ3v) is 5.36. The Morgan fingerprint density at radius 3 is 2.50 bits per heavy atom. The number of carbonyl (C=O) groups is 3. The van der Waals surface area contributed by atoms with Crippen LogP contribution in [0.4, 0.5) is 4.79 Å². The van der Waals surface area contributed by atoms with E-state index < -0.39 is 17.5 Å². The maximum atomic E-state index is 13.0. The Bertz CT molecular complexity index is 925. The van der Waals surface area contributed by atoms with Crippen molar-refractivity contribution in [3.63, 3.8) is 0 Å². The molecule has 2 aromatic carbocycles. The highest BCUT2D eigenvalue weighted by Crippen LogP contribution is 2.33. The van der Waals surface area contributed by atoms with Gasteiger partial charge in [0.2, 0.25) is 0 Å². The molecule has 0 spiro atoms. The number of urea groups is 1. The van der Waals surface area contributed by atoms with Crippen LogP contribution < -0.4 is 5.32 Å². The van der Waals surface area contributed by atoms with Crippen molar-refractivity contribution in [1.82, 2.24) is 10.2 Å². The minimum atomic E-state index is -1.21. The van der Waals surface area contributed by atoms with E-state index in [1.807, 2.05) is 38.1 Å². The first-order valence-electron chi connectivity index (χ1n) is 8.23. The highest BCUT2D eigenvalue weighted by molar-refractivity contribution is 9.10. The van der Waals surface area contributed by atoms with Crippen LogP contribution >= 0.6 is 15.9 Å². The molecule has 1 unspecified atom stereocenters. The molecule has 1 saturated heterocycles. The molecule has 1 fully saturated rings. The fraction of sp³-hybridized carbons (Fsp3) is 0.250. The molecule has 0 bridgehead atoms. The summed E-state index contributed by atoms with van der Waals surface area (Å²) >= 11 is 3.42. The highest BCUT2D eigenvalue weighted by atomic mass is 79.9. The van der Waals surface area contributed by atoms with Gasteiger partial charge < -0.3 is 5.32 Å². The Morgan fingerprint density at radius 1 is 1.15 bits per heavy atom. The van der Waals surface area contributed by atoms with Gasteiger partial charge in [-0.05, 0) is 32.4 Å². The molecule has 0 aliphatic carbocycles. The lowest BCUT2D eigenvalue weighted by molar-refractivity contribution is -0.130. The van der Waals surface area contributed by atoms with E-state index in [0.29, 0.717) is 11.1 Å². The predicted molar refractivity (Wildman–Crippen MR) is 102 cm³/mol. The van der Waals surface area contributed by atoms with Crippen LogP contribution in [-0.4, -0.2) is 29.2 Å². The molecule has 26 heavy (non-hydrogen) atoms. The summed E-state index contributed by atoms with van der Waals surface area (Å²) in [6.45, 7) is 5.16. The number of amides is 3. The summed E-state index contributed by atoms with van der Waals surface area (Å²) in [5.41, 5.74) is 1.84. The van der Waals surface area contributed by atoms with Crippen LogP contribution in [0.5, 0.6) is 0 Å². The van der Waals surface area contributed by atoms with Crippen LogP contribution in [0.2, 0.25) is 0 Å². The van der Waals surface area contributed by atoms with Crippen LogP contribution in [0.1, 0.15) is 34.0 Å². The Morgan fingerprint density at radius 2 is 1.85 bits per heavy atom. The van der Waals surface area contributed by atoms with Gasteiger partial charge in [-0.3, -0.25) is 14.5 Å². The second kappa shape index (κ2) is 6.68. The number of benzene rings is 2. The molecule has 1 atom stereocenters. The van der Waals surface area contributed by atoms with E-state index in [0.717, 1.165) is 20.5 Å². The number of rotatable bonds is 4. The van der Waals surface area contributed by atoms with Crippen LogP contribution in [0.3, 0.4) is 0 Å². The summed E-state index contributed by atoms with van der Waals surface area (Å²) in [5.74, 6) is -0.699. The van der Waals surface area contributed by atoms with Gasteiger partial charge in [0.25, 0.3) is 5.91 Å². The van der Waals surface area contributed by atoms with Crippen LogP contribution in [0, 0.1) is 13.8 Å². The summed E-state index contributed by atoms with van der Waals surface area (Å²) in [7, 11) is 0. The Labute approximate surface area is 160 Å². The molecule has 3 rings (SSSR count). The summed E-state index contributed by atoms with van der Waals surface area (Å²) in [5, 5.41) is 2.72. The number of imide groups is 1. The number of aryl methyl sites for hydroxylation is 2. The topological polar surface area (TPSA) is 66.5 Å². The first kappa shape index (κ1) is 18.3. The largest absolute Gasteiger partial charge is 0.325 e. The molecule has 2 aromatic rings. The molecule has 0 saturated carbocycles. The lowest BCUT2D eigenvalue weighted by Crippen LogP contribution is -2.41. The van der Waals surface area contributed by atoms with Crippen molar-refractivity contribution in [2.24, 2.45) is 0 Å². The van der Waals surface area contributed by atoms with Gasteiger partial charge in [-0.15, -0.1) is 0 Å². The van der Waals surface area contributed by atoms with E-state index in [2.05, 4.69) is 21.2 Å². The predicted octanol–water partition coefficient (Wildman–Crippen LogP) is 3.72. The molecule has 1 aliphatic rings. The summed E-state index contributed by atoms with van der Waals surface area (Å²) in [6.07, 6.45) is 0. The van der Waals surface area contributed by atoms with E-state index >= 15 is 0 Å². The quantitative estimate of drug-likeness (QED) is 0.612. The monoisotopic (exact) mass is 414 g/mol. The molecule has 0 radical (unpaired) electrons. The lowest BCUT2D eigenvalue weighted by atomic mass is 9.92. The fourth-order valence-corrected chi connectivity index (χ4v) is 3.93. The van der Waals surface area contributed by atoms with Crippen molar-refractivity contribution >= 4 is 33.7 Å². The van der Waals surface area contributed by atoms with Gasteiger partial charge in [0, 0.05) is 15.6 Å². The van der Waals surface area contributed by atoms with E-state index in [9.17, 15) is 14.4 Å². The van der Waals surface area contributed by atoms with Crippen molar-refractivity contribution in [2.75, 3.05) is 6.54 Å². The van der Waals surface area contributed by atoms with Gasteiger partial charge in [0.15, 0.2) is 5.78 Å². The van der Waals surface area contributed by atoms with E-state index in [1.54, 1.807) is 25.1 Å². The standard InChI is InChI=1S/C20H19BrN2O3/c1-12-8-9-14(13(2)10-12)17(24)11-23-18(25)20(3,22-19(23)26)15-6-4-5-7-16(15)21/h4-10H,11H2,1-3H3,(H,22,26). The minimum Gasteiger partial charge on any atom is -0.319 e. The maximum Gasteiger partial charge on any atom is 0.325 e. The Hall–Kier alpha value is -2.47. The number of hydrogen-bond donors (Lipinski definition) is 1. The molecule has 0 aromatic heterocycles. The van der Waals surface area contributed by atoms with Gasteiger partial charge in [-0.1, -0.05) is 57.9 Å². The van der Waals surface area contributed by atoms with E-state index in [-0.39, 0.29) is 12.3 Å². The van der Waals surface area contributed by atoms with Gasteiger partial charge in [0.05, 0.1) is 6.54 Å². The van der Waals surface area contributed by atoms with Crippen molar-refractivity contribution in [3.05, 3.63) is 69.2 Å². The average Bonchev–Trinajstić information content (AvgIpc) is 2.79. The molecule has 134 valence electrons. The Balaban J connectivity index is 1.88. The van der Waals surface area contributed by atoms with Gasteiger partial charge in [0.1, 0.15) is 5.54 Å².